The lowest BCUT2D eigenvalue weighted by molar-refractivity contribution is -0.174. The van der Waals surface area contributed by atoms with Crippen molar-refractivity contribution in [1.82, 2.24) is 0 Å². The van der Waals surface area contributed by atoms with Crippen molar-refractivity contribution in [2.45, 2.75) is 19.5 Å². The minimum atomic E-state index is -4.27. The molecular formula is C12H16F3NO2. The largest absolute Gasteiger partial charge is 0.493 e. The fourth-order valence-electron chi connectivity index (χ4n) is 1.32. The van der Waals surface area contributed by atoms with Crippen LogP contribution in [0.2, 0.25) is 0 Å². The van der Waals surface area contributed by atoms with Gasteiger partial charge in [-0.15, -0.1) is 0 Å². The Hall–Kier alpha value is -1.43. The third kappa shape index (κ3) is 5.27. The van der Waals surface area contributed by atoms with E-state index >= 15 is 0 Å². The van der Waals surface area contributed by atoms with E-state index in [1.807, 2.05) is 6.92 Å². The number of benzene rings is 1. The summed E-state index contributed by atoms with van der Waals surface area (Å²) < 4.78 is 45.1. The van der Waals surface area contributed by atoms with Crippen LogP contribution >= 0.6 is 0 Å². The van der Waals surface area contributed by atoms with Crippen molar-refractivity contribution in [3.8, 4) is 5.75 Å². The third-order valence-electron chi connectivity index (χ3n) is 2.28. The highest BCUT2D eigenvalue weighted by atomic mass is 19.4. The molecule has 0 heterocycles. The summed E-state index contributed by atoms with van der Waals surface area (Å²) in [6.45, 7) is 0.915. The zero-order valence-corrected chi connectivity index (χ0v) is 10.1. The number of rotatable bonds is 6. The number of anilines is 1. The van der Waals surface area contributed by atoms with Gasteiger partial charge in [-0.2, -0.15) is 13.2 Å². The van der Waals surface area contributed by atoms with Gasteiger partial charge < -0.3 is 15.2 Å². The average Bonchev–Trinajstić information content (AvgIpc) is 2.27. The van der Waals surface area contributed by atoms with Crippen LogP contribution in [0.3, 0.4) is 0 Å². The van der Waals surface area contributed by atoms with E-state index in [-0.39, 0.29) is 6.61 Å². The number of hydrogen-bond acceptors (Lipinski definition) is 3. The molecule has 0 saturated carbocycles. The molecule has 1 aromatic rings. The fourth-order valence-corrected chi connectivity index (χ4v) is 1.32. The normalized spacial score (nSPS) is 11.6. The van der Waals surface area contributed by atoms with Crippen LogP contribution in [0.15, 0.2) is 18.2 Å². The van der Waals surface area contributed by atoms with E-state index < -0.39 is 12.8 Å². The molecule has 0 saturated heterocycles. The van der Waals surface area contributed by atoms with Crippen LogP contribution in [0.25, 0.3) is 0 Å². The third-order valence-corrected chi connectivity index (χ3v) is 2.28. The van der Waals surface area contributed by atoms with Gasteiger partial charge in [0.05, 0.1) is 13.2 Å². The molecule has 0 aliphatic heterocycles. The van der Waals surface area contributed by atoms with E-state index in [0.29, 0.717) is 24.5 Å². The highest BCUT2D eigenvalue weighted by molar-refractivity contribution is 5.53. The van der Waals surface area contributed by atoms with Crippen LogP contribution in [0, 0.1) is 6.92 Å². The van der Waals surface area contributed by atoms with Gasteiger partial charge in [-0.1, -0.05) is 6.07 Å². The van der Waals surface area contributed by atoms with Gasteiger partial charge in [0.2, 0.25) is 0 Å². The summed E-state index contributed by atoms with van der Waals surface area (Å²) in [5.41, 5.74) is 7.14. The van der Waals surface area contributed by atoms with Crippen LogP contribution < -0.4 is 10.5 Å². The Morgan fingerprint density at radius 2 is 1.94 bits per heavy atom. The first kappa shape index (κ1) is 14.6. The Morgan fingerprint density at radius 3 is 2.61 bits per heavy atom. The summed E-state index contributed by atoms with van der Waals surface area (Å²) in [6, 6.07) is 5.29. The number of hydrogen-bond donors (Lipinski definition) is 1. The summed E-state index contributed by atoms with van der Waals surface area (Å²) >= 11 is 0. The molecule has 1 rings (SSSR count). The van der Waals surface area contributed by atoms with E-state index in [2.05, 4.69) is 4.74 Å². The van der Waals surface area contributed by atoms with Crippen LogP contribution in [-0.4, -0.2) is 26.0 Å². The van der Waals surface area contributed by atoms with Crippen molar-refractivity contribution in [2.75, 3.05) is 25.6 Å². The first-order chi connectivity index (χ1) is 8.40. The van der Waals surface area contributed by atoms with E-state index in [9.17, 15) is 13.2 Å². The molecule has 0 fully saturated rings. The van der Waals surface area contributed by atoms with Gasteiger partial charge in [0, 0.05) is 17.7 Å². The minimum Gasteiger partial charge on any atom is -0.493 e. The number of ether oxygens (including phenoxy) is 2. The smallest absolute Gasteiger partial charge is 0.411 e. The number of nitrogen functional groups attached to an aromatic ring is 1. The highest BCUT2D eigenvalue weighted by Crippen LogP contribution is 2.22. The van der Waals surface area contributed by atoms with E-state index in [0.717, 1.165) is 5.56 Å². The molecule has 0 radical (unpaired) electrons. The van der Waals surface area contributed by atoms with Crippen molar-refractivity contribution in [1.29, 1.82) is 0 Å². The molecule has 18 heavy (non-hydrogen) atoms. The molecule has 0 atom stereocenters. The second-order valence-electron chi connectivity index (χ2n) is 3.84. The molecule has 6 heteroatoms. The lowest BCUT2D eigenvalue weighted by Gasteiger charge is -2.11. The predicted molar refractivity (Wildman–Crippen MR) is 62.6 cm³/mol. The predicted octanol–water partition coefficient (Wildman–Crippen LogP) is 2.93. The SMILES string of the molecule is Cc1c(N)cccc1OCCCOCC(F)(F)F. The molecule has 1 aromatic carbocycles. The quantitative estimate of drug-likeness (QED) is 0.634. The Balaban J connectivity index is 2.20. The lowest BCUT2D eigenvalue weighted by atomic mass is 10.2. The minimum absolute atomic E-state index is 0.0148. The second kappa shape index (κ2) is 6.49. The summed E-state index contributed by atoms with van der Waals surface area (Å²) in [5.74, 6) is 0.644. The molecular weight excluding hydrogens is 247 g/mol. The summed E-state index contributed by atoms with van der Waals surface area (Å²) in [5, 5.41) is 0. The molecule has 3 nitrogen and oxygen atoms in total. The first-order valence-electron chi connectivity index (χ1n) is 5.52. The second-order valence-corrected chi connectivity index (χ2v) is 3.84. The fraction of sp³-hybridized carbons (Fsp3) is 0.500. The molecule has 0 aliphatic rings. The molecule has 0 aromatic heterocycles. The summed E-state index contributed by atoms with van der Waals surface area (Å²) in [7, 11) is 0. The van der Waals surface area contributed by atoms with Gasteiger partial charge in [-0.3, -0.25) is 0 Å². The van der Waals surface area contributed by atoms with Crippen molar-refractivity contribution in [3.05, 3.63) is 23.8 Å². The number of halogens is 3. The van der Waals surface area contributed by atoms with Crippen molar-refractivity contribution in [2.24, 2.45) is 0 Å². The average molecular weight is 263 g/mol. The van der Waals surface area contributed by atoms with Crippen molar-refractivity contribution >= 4 is 5.69 Å². The van der Waals surface area contributed by atoms with Crippen LogP contribution in [-0.2, 0) is 4.74 Å². The van der Waals surface area contributed by atoms with Gasteiger partial charge in [0.15, 0.2) is 0 Å². The van der Waals surface area contributed by atoms with Crippen molar-refractivity contribution < 1.29 is 22.6 Å². The Labute approximate surface area is 104 Å². The molecule has 0 spiro atoms. The maximum atomic E-state index is 11.8. The Kier molecular flexibility index (Phi) is 5.27. The van der Waals surface area contributed by atoms with Crippen LogP contribution in [0.5, 0.6) is 5.75 Å². The van der Waals surface area contributed by atoms with E-state index in [4.69, 9.17) is 10.5 Å². The van der Waals surface area contributed by atoms with E-state index in [1.165, 1.54) is 0 Å². The Morgan fingerprint density at radius 1 is 1.22 bits per heavy atom. The summed E-state index contributed by atoms with van der Waals surface area (Å²) in [6.07, 6.45) is -3.88. The van der Waals surface area contributed by atoms with Crippen LogP contribution in [0.4, 0.5) is 18.9 Å². The zero-order valence-electron chi connectivity index (χ0n) is 10.1. The van der Waals surface area contributed by atoms with Gasteiger partial charge in [0.25, 0.3) is 0 Å². The molecule has 0 aliphatic carbocycles. The van der Waals surface area contributed by atoms with Gasteiger partial charge in [0.1, 0.15) is 12.4 Å². The molecule has 0 unspecified atom stereocenters. The molecule has 2 N–H and O–H groups in total. The standard InChI is InChI=1S/C12H16F3NO2/c1-9-10(16)4-2-5-11(9)18-7-3-6-17-8-12(13,14)15/h2,4-5H,3,6-8,16H2,1H3. The highest BCUT2D eigenvalue weighted by Gasteiger charge is 2.27. The van der Waals surface area contributed by atoms with Gasteiger partial charge >= 0.3 is 6.18 Å². The zero-order chi connectivity index (χ0) is 13.6. The van der Waals surface area contributed by atoms with Gasteiger partial charge in [-0.25, -0.2) is 0 Å². The number of alkyl halides is 3. The molecule has 102 valence electrons. The van der Waals surface area contributed by atoms with Crippen molar-refractivity contribution in [3.63, 3.8) is 0 Å². The van der Waals surface area contributed by atoms with Gasteiger partial charge in [-0.05, 0) is 19.1 Å². The molecule has 0 bridgehead atoms. The summed E-state index contributed by atoms with van der Waals surface area (Å²) in [4.78, 5) is 0. The van der Waals surface area contributed by atoms with E-state index in [1.54, 1.807) is 18.2 Å². The lowest BCUT2D eigenvalue weighted by Crippen LogP contribution is -2.18. The Bertz CT molecular complexity index is 380. The first-order valence-corrected chi connectivity index (χ1v) is 5.52. The topological polar surface area (TPSA) is 44.5 Å². The maximum Gasteiger partial charge on any atom is 0.411 e. The maximum absolute atomic E-state index is 11.8. The van der Waals surface area contributed by atoms with Crippen LogP contribution in [0.1, 0.15) is 12.0 Å². The molecule has 0 amide bonds. The monoisotopic (exact) mass is 263 g/mol. The number of nitrogens with two attached hydrogens (primary N) is 1.